The maximum absolute atomic E-state index is 13.5. The summed E-state index contributed by atoms with van der Waals surface area (Å²) < 4.78 is 45.8. The van der Waals surface area contributed by atoms with Gasteiger partial charge in [-0.25, -0.2) is 4.98 Å². The fourth-order valence-corrected chi connectivity index (χ4v) is 6.50. The fraction of sp³-hybridized carbons (Fsp3) is 0.536. The lowest BCUT2D eigenvalue weighted by Crippen LogP contribution is -2.56. The van der Waals surface area contributed by atoms with Crippen LogP contribution in [-0.2, 0) is 16.5 Å². The van der Waals surface area contributed by atoms with Crippen molar-refractivity contribution in [3.8, 4) is 5.75 Å². The minimum Gasteiger partial charge on any atom is -0.495 e. The first-order valence-electron chi connectivity index (χ1n) is 13.0. The molecule has 1 saturated heterocycles. The predicted molar refractivity (Wildman–Crippen MR) is 134 cm³/mol. The van der Waals surface area contributed by atoms with Gasteiger partial charge in [-0.2, -0.15) is 13.2 Å². The number of aromatic nitrogens is 1. The van der Waals surface area contributed by atoms with E-state index in [1.54, 1.807) is 12.1 Å². The smallest absolute Gasteiger partial charge is 0.433 e. The monoisotopic (exact) mass is 531 g/mol. The number of pyridine rings is 1. The number of aryl methyl sites for hydroxylation is 1. The van der Waals surface area contributed by atoms with E-state index in [0.717, 1.165) is 30.2 Å². The number of carbonyl (C=O) groups excluding carboxylic acids is 1. The second-order valence-electron chi connectivity index (χ2n) is 10.9. The molecule has 7 nitrogen and oxygen atoms in total. The summed E-state index contributed by atoms with van der Waals surface area (Å²) in [6.07, 6.45) is -1.05. The molecule has 2 aliphatic carbocycles. The van der Waals surface area contributed by atoms with Crippen LogP contribution in [0.15, 0.2) is 30.3 Å². The van der Waals surface area contributed by atoms with Crippen molar-refractivity contribution >= 4 is 17.6 Å². The molecule has 1 aromatic carbocycles. The highest BCUT2D eigenvalue weighted by Gasteiger charge is 2.74. The van der Waals surface area contributed by atoms with E-state index in [-0.39, 0.29) is 29.7 Å². The molecule has 1 amide bonds. The molecule has 38 heavy (non-hydrogen) atoms. The summed E-state index contributed by atoms with van der Waals surface area (Å²) >= 11 is 0. The number of carboxylic acid groups (broad SMARTS) is 1. The minimum absolute atomic E-state index is 0.107. The molecule has 10 heteroatoms. The predicted octanol–water partition coefficient (Wildman–Crippen LogP) is 5.16. The van der Waals surface area contributed by atoms with Crippen molar-refractivity contribution in [1.29, 1.82) is 0 Å². The van der Waals surface area contributed by atoms with Crippen molar-refractivity contribution in [3.63, 3.8) is 0 Å². The van der Waals surface area contributed by atoms with E-state index in [1.165, 1.54) is 13.2 Å². The molecule has 3 fully saturated rings. The molecule has 0 spiro atoms. The van der Waals surface area contributed by atoms with Crippen molar-refractivity contribution in [2.45, 2.75) is 63.7 Å². The number of fused-ring (bicyclic) bond motifs is 1. The standard InChI is InChI=1S/C28H32F3N3O4/c1-15-12-19(25(35)32-14-17-4-6-18(7-5-17)26(36)37)8-9-21(15)34-16(2)20-13-27(20,34)24-22(38-3)10-11-23(33-24)28(29,30)31/h8-12,16-18,20H,4-7,13-14H2,1-3H3,(H,32,35)(H,36,37)/t16-,17?,18?,20?,27?/m1/s1. The lowest BCUT2D eigenvalue weighted by Gasteiger charge is -2.49. The molecule has 204 valence electrons. The molecule has 0 radical (unpaired) electrons. The van der Waals surface area contributed by atoms with E-state index in [4.69, 9.17) is 9.84 Å². The van der Waals surface area contributed by atoms with Crippen molar-refractivity contribution in [2.24, 2.45) is 17.8 Å². The molecule has 2 aromatic rings. The van der Waals surface area contributed by atoms with E-state index in [2.05, 4.69) is 22.1 Å². The van der Waals surface area contributed by atoms with Crippen LogP contribution in [0.4, 0.5) is 18.9 Å². The molecule has 3 aliphatic rings. The number of nitrogens with zero attached hydrogens (tertiary/aromatic N) is 2. The van der Waals surface area contributed by atoms with Gasteiger partial charge in [-0.05, 0) is 87.8 Å². The molecule has 2 heterocycles. The average molecular weight is 532 g/mol. The second kappa shape index (κ2) is 9.47. The van der Waals surface area contributed by atoms with Gasteiger partial charge in [0.15, 0.2) is 0 Å². The van der Waals surface area contributed by atoms with Gasteiger partial charge in [-0.3, -0.25) is 9.59 Å². The number of methoxy groups -OCH3 is 1. The Kier molecular flexibility index (Phi) is 6.55. The molecule has 0 bridgehead atoms. The summed E-state index contributed by atoms with van der Waals surface area (Å²) in [6, 6.07) is 7.79. The van der Waals surface area contributed by atoms with E-state index in [1.807, 2.05) is 13.0 Å². The zero-order chi connectivity index (χ0) is 27.4. The summed E-state index contributed by atoms with van der Waals surface area (Å²) in [5.74, 6) is -0.465. The quantitative estimate of drug-likeness (QED) is 0.513. The van der Waals surface area contributed by atoms with Crippen LogP contribution < -0.4 is 15.0 Å². The van der Waals surface area contributed by atoms with Gasteiger partial charge in [0.1, 0.15) is 17.1 Å². The van der Waals surface area contributed by atoms with E-state index in [9.17, 15) is 22.8 Å². The van der Waals surface area contributed by atoms with Gasteiger partial charge in [0.05, 0.1) is 18.6 Å². The number of anilines is 1. The number of carboxylic acids is 1. The van der Waals surface area contributed by atoms with E-state index < -0.39 is 23.4 Å². The van der Waals surface area contributed by atoms with E-state index in [0.29, 0.717) is 42.8 Å². The number of nitrogens with one attached hydrogen (secondary N) is 1. The Balaban J connectivity index is 1.32. The summed E-state index contributed by atoms with van der Waals surface area (Å²) in [5, 5.41) is 12.1. The van der Waals surface area contributed by atoms with Gasteiger partial charge in [-0.15, -0.1) is 0 Å². The lowest BCUT2D eigenvalue weighted by atomic mass is 9.82. The highest BCUT2D eigenvalue weighted by Crippen LogP contribution is 2.70. The van der Waals surface area contributed by atoms with Crippen LogP contribution in [0, 0.1) is 24.7 Å². The molecule has 2 unspecified atom stereocenters. The Bertz CT molecular complexity index is 1260. The number of ether oxygens (including phenoxy) is 1. The van der Waals surface area contributed by atoms with Crippen molar-refractivity contribution in [1.82, 2.24) is 10.3 Å². The zero-order valence-corrected chi connectivity index (χ0v) is 21.6. The SMILES string of the molecule is COc1ccc(C(F)(F)F)nc1C12CC1[C@@H](C)N2c1ccc(C(=O)NCC2CCC(C(=O)O)CC2)cc1C. The normalized spacial score (nSPS) is 28.2. The van der Waals surface area contributed by atoms with Crippen LogP contribution in [0.5, 0.6) is 5.75 Å². The summed E-state index contributed by atoms with van der Waals surface area (Å²) in [4.78, 5) is 30.2. The third-order valence-corrected chi connectivity index (χ3v) is 8.65. The number of benzene rings is 1. The Morgan fingerprint density at radius 3 is 2.47 bits per heavy atom. The Morgan fingerprint density at radius 1 is 1.18 bits per heavy atom. The number of aliphatic carboxylic acids is 1. The largest absolute Gasteiger partial charge is 0.495 e. The molecule has 2 N–H and O–H groups in total. The Labute approximate surface area is 219 Å². The highest BCUT2D eigenvalue weighted by atomic mass is 19.4. The van der Waals surface area contributed by atoms with Gasteiger partial charge in [0, 0.05) is 29.8 Å². The Morgan fingerprint density at radius 2 is 1.89 bits per heavy atom. The topological polar surface area (TPSA) is 91.8 Å². The highest BCUT2D eigenvalue weighted by molar-refractivity contribution is 5.95. The molecule has 5 rings (SSSR count). The van der Waals surface area contributed by atoms with Gasteiger partial charge in [-0.1, -0.05) is 0 Å². The third-order valence-electron chi connectivity index (χ3n) is 8.65. The van der Waals surface area contributed by atoms with Gasteiger partial charge >= 0.3 is 12.1 Å². The summed E-state index contributed by atoms with van der Waals surface area (Å²) in [6.45, 7) is 4.45. The maximum atomic E-state index is 13.5. The van der Waals surface area contributed by atoms with Crippen LogP contribution in [0.2, 0.25) is 0 Å². The minimum atomic E-state index is -4.55. The number of alkyl halides is 3. The molecular formula is C28H32F3N3O4. The average Bonchev–Trinajstić information content (AvgIpc) is 3.57. The van der Waals surface area contributed by atoms with Crippen molar-refractivity contribution in [3.05, 3.63) is 52.8 Å². The molecular weight excluding hydrogens is 499 g/mol. The molecule has 1 aromatic heterocycles. The molecule has 1 aliphatic heterocycles. The summed E-state index contributed by atoms with van der Waals surface area (Å²) in [7, 11) is 1.44. The number of amides is 1. The van der Waals surface area contributed by atoms with Gasteiger partial charge in [0.2, 0.25) is 0 Å². The van der Waals surface area contributed by atoms with Crippen LogP contribution in [-0.4, -0.2) is 41.7 Å². The number of carbonyl (C=O) groups is 2. The maximum Gasteiger partial charge on any atom is 0.433 e. The van der Waals surface area contributed by atoms with Crippen molar-refractivity contribution in [2.75, 3.05) is 18.6 Å². The van der Waals surface area contributed by atoms with Crippen LogP contribution >= 0.6 is 0 Å². The first-order chi connectivity index (χ1) is 18.0. The van der Waals surface area contributed by atoms with Crippen LogP contribution in [0.25, 0.3) is 0 Å². The lowest BCUT2D eigenvalue weighted by molar-refractivity contribution is -0.143. The fourth-order valence-electron chi connectivity index (χ4n) is 6.50. The number of rotatable bonds is 7. The molecule has 3 atom stereocenters. The van der Waals surface area contributed by atoms with Gasteiger partial charge in [0.25, 0.3) is 5.91 Å². The first-order valence-corrected chi connectivity index (χ1v) is 13.0. The number of halogens is 3. The van der Waals surface area contributed by atoms with Crippen LogP contribution in [0.3, 0.4) is 0 Å². The third kappa shape index (κ3) is 4.37. The first kappa shape index (κ1) is 26.3. The zero-order valence-electron chi connectivity index (χ0n) is 21.6. The summed E-state index contributed by atoms with van der Waals surface area (Å²) in [5.41, 5.74) is 0.924. The van der Waals surface area contributed by atoms with Crippen molar-refractivity contribution < 1.29 is 32.6 Å². The number of hydrogen-bond donors (Lipinski definition) is 2. The molecule has 2 saturated carbocycles. The second-order valence-corrected chi connectivity index (χ2v) is 10.9. The Hall–Kier alpha value is -3.30. The van der Waals surface area contributed by atoms with Gasteiger partial charge < -0.3 is 20.1 Å². The van der Waals surface area contributed by atoms with E-state index >= 15 is 0 Å². The van der Waals surface area contributed by atoms with Crippen LogP contribution in [0.1, 0.15) is 66.3 Å². The number of hydrogen-bond acceptors (Lipinski definition) is 5.